The Morgan fingerprint density at radius 3 is 2.79 bits per heavy atom. The highest BCUT2D eigenvalue weighted by atomic mass is 35.5. The first-order valence-electron chi connectivity index (χ1n) is 4.02. The SMILES string of the molecule is O=CC1(Cl)N=c2ccccc2=CC1=O. The van der Waals surface area contributed by atoms with Gasteiger partial charge in [0.1, 0.15) is 0 Å². The molecule has 0 amide bonds. The highest BCUT2D eigenvalue weighted by Gasteiger charge is 2.34. The smallest absolute Gasteiger partial charge is 0.251 e. The Labute approximate surface area is 84.7 Å². The molecule has 1 atom stereocenters. The zero-order valence-electron chi connectivity index (χ0n) is 7.11. The number of aldehydes is 1. The van der Waals surface area contributed by atoms with Crippen molar-refractivity contribution in [2.24, 2.45) is 4.99 Å². The van der Waals surface area contributed by atoms with Gasteiger partial charge in [0.05, 0.1) is 5.36 Å². The van der Waals surface area contributed by atoms with Crippen LogP contribution in [0.25, 0.3) is 6.08 Å². The fraction of sp³-hybridized carbons (Fsp3) is 0.100. The van der Waals surface area contributed by atoms with Crippen LogP contribution >= 0.6 is 11.6 Å². The maximum atomic E-state index is 11.4. The van der Waals surface area contributed by atoms with Gasteiger partial charge in [-0.25, -0.2) is 4.99 Å². The lowest BCUT2D eigenvalue weighted by molar-refractivity contribution is -0.121. The molecule has 3 nitrogen and oxygen atoms in total. The average molecular weight is 208 g/mol. The number of benzene rings is 1. The van der Waals surface area contributed by atoms with Crippen LogP contribution in [-0.2, 0) is 9.59 Å². The van der Waals surface area contributed by atoms with Gasteiger partial charge in [-0.2, -0.15) is 0 Å². The quantitative estimate of drug-likeness (QED) is 0.277. The van der Waals surface area contributed by atoms with E-state index in [1.54, 1.807) is 24.3 Å². The van der Waals surface area contributed by atoms with E-state index in [2.05, 4.69) is 4.99 Å². The van der Waals surface area contributed by atoms with Crippen molar-refractivity contribution in [1.82, 2.24) is 0 Å². The predicted molar refractivity (Wildman–Crippen MR) is 51.3 cm³/mol. The predicted octanol–water partition coefficient (Wildman–Crippen LogP) is -0.197. The molecule has 1 aliphatic heterocycles. The van der Waals surface area contributed by atoms with Gasteiger partial charge < -0.3 is 0 Å². The first-order valence-corrected chi connectivity index (χ1v) is 4.40. The Bertz CT molecular complexity index is 523. The van der Waals surface area contributed by atoms with Crippen LogP contribution in [0.5, 0.6) is 0 Å². The number of hydrogen-bond acceptors (Lipinski definition) is 3. The number of hydrogen-bond donors (Lipinski definition) is 0. The Kier molecular flexibility index (Phi) is 1.97. The number of carbonyl (C=O) groups excluding carboxylic acids is 2. The Hall–Kier alpha value is -1.48. The third-order valence-corrected chi connectivity index (χ3v) is 2.37. The standard InChI is InChI=1S/C10H6ClNO2/c11-10(6-13)9(14)5-7-3-1-2-4-8(7)12-10/h1-6H. The van der Waals surface area contributed by atoms with Gasteiger partial charge in [-0.3, -0.25) is 9.59 Å². The van der Waals surface area contributed by atoms with Crippen LogP contribution in [-0.4, -0.2) is 17.1 Å². The van der Waals surface area contributed by atoms with E-state index in [1.165, 1.54) is 6.08 Å². The molecule has 0 aliphatic carbocycles. The number of Topliss-reactive ketones (excluding diaryl/α,β-unsaturated/α-hetero) is 1. The molecule has 1 unspecified atom stereocenters. The minimum Gasteiger partial charge on any atom is -0.299 e. The molecule has 0 fully saturated rings. The van der Waals surface area contributed by atoms with Crippen molar-refractivity contribution >= 4 is 29.7 Å². The van der Waals surface area contributed by atoms with E-state index in [-0.39, 0.29) is 0 Å². The third-order valence-electron chi connectivity index (χ3n) is 2.01. The number of carbonyl (C=O) groups is 2. The van der Waals surface area contributed by atoms with Gasteiger partial charge in [-0.15, -0.1) is 0 Å². The van der Waals surface area contributed by atoms with Crippen molar-refractivity contribution in [2.75, 3.05) is 0 Å². The second kappa shape index (κ2) is 3.03. The highest BCUT2D eigenvalue weighted by Crippen LogP contribution is 2.16. The van der Waals surface area contributed by atoms with Crippen molar-refractivity contribution in [2.45, 2.75) is 5.00 Å². The summed E-state index contributed by atoms with van der Waals surface area (Å²) in [5, 5.41) is 1.25. The van der Waals surface area contributed by atoms with Crippen molar-refractivity contribution < 1.29 is 9.59 Å². The number of halogens is 1. The average Bonchev–Trinajstić information content (AvgIpc) is 2.20. The molecule has 4 heteroatoms. The topological polar surface area (TPSA) is 46.5 Å². The van der Waals surface area contributed by atoms with E-state index < -0.39 is 10.8 Å². The number of rotatable bonds is 1. The van der Waals surface area contributed by atoms with E-state index >= 15 is 0 Å². The lowest BCUT2D eigenvalue weighted by Gasteiger charge is -2.14. The van der Waals surface area contributed by atoms with Crippen molar-refractivity contribution in [3.05, 3.63) is 34.8 Å². The summed E-state index contributed by atoms with van der Waals surface area (Å²) in [5.41, 5.74) is 0. The lowest BCUT2D eigenvalue weighted by atomic mass is 10.1. The zero-order chi connectivity index (χ0) is 10.2. The number of alkyl halides is 1. The Balaban J connectivity index is 2.79. The molecule has 0 bridgehead atoms. The molecule has 0 N–H and O–H groups in total. The van der Waals surface area contributed by atoms with Gasteiger partial charge in [-0.1, -0.05) is 29.8 Å². The van der Waals surface area contributed by atoms with E-state index in [9.17, 15) is 9.59 Å². The fourth-order valence-electron chi connectivity index (χ4n) is 1.27. The van der Waals surface area contributed by atoms with Gasteiger partial charge in [0, 0.05) is 5.22 Å². The summed E-state index contributed by atoms with van der Waals surface area (Å²) < 4.78 is 0. The van der Waals surface area contributed by atoms with Gasteiger partial charge in [0.2, 0.25) is 5.78 Å². The summed E-state index contributed by atoms with van der Waals surface area (Å²) in [6, 6.07) is 7.02. The van der Waals surface area contributed by atoms with Crippen LogP contribution in [0.2, 0.25) is 0 Å². The second-order valence-electron chi connectivity index (χ2n) is 2.97. The summed E-state index contributed by atoms with van der Waals surface area (Å²) in [6.07, 6.45) is 1.69. The molecule has 0 aromatic heterocycles. The molecule has 1 aromatic carbocycles. The van der Waals surface area contributed by atoms with E-state index in [0.717, 1.165) is 0 Å². The molecule has 0 spiro atoms. The Morgan fingerprint density at radius 2 is 2.07 bits per heavy atom. The highest BCUT2D eigenvalue weighted by molar-refractivity contribution is 6.47. The van der Waals surface area contributed by atoms with E-state index in [1.807, 2.05) is 0 Å². The fourth-order valence-corrected chi connectivity index (χ4v) is 1.41. The normalized spacial score (nSPS) is 24.5. The first-order chi connectivity index (χ1) is 6.65. The van der Waals surface area contributed by atoms with Crippen LogP contribution in [0.3, 0.4) is 0 Å². The molecular weight excluding hydrogens is 202 g/mol. The Morgan fingerprint density at radius 1 is 1.36 bits per heavy atom. The monoisotopic (exact) mass is 207 g/mol. The van der Waals surface area contributed by atoms with Crippen molar-refractivity contribution in [3.8, 4) is 0 Å². The minimum absolute atomic E-state index is 0.351. The van der Waals surface area contributed by atoms with E-state index in [4.69, 9.17) is 11.6 Å². The molecule has 0 radical (unpaired) electrons. The number of fused-ring (bicyclic) bond motifs is 1. The van der Waals surface area contributed by atoms with Crippen LogP contribution in [0.1, 0.15) is 0 Å². The minimum atomic E-state index is -1.76. The maximum Gasteiger partial charge on any atom is 0.251 e. The van der Waals surface area contributed by atoms with Gasteiger partial charge in [0.15, 0.2) is 6.29 Å². The van der Waals surface area contributed by atoms with Crippen LogP contribution < -0.4 is 10.6 Å². The molecule has 1 aliphatic rings. The van der Waals surface area contributed by atoms with Crippen molar-refractivity contribution in [1.29, 1.82) is 0 Å². The van der Waals surface area contributed by atoms with Crippen LogP contribution in [0, 0.1) is 0 Å². The van der Waals surface area contributed by atoms with Crippen molar-refractivity contribution in [3.63, 3.8) is 0 Å². The molecule has 0 saturated heterocycles. The number of ketones is 1. The summed E-state index contributed by atoms with van der Waals surface area (Å²) in [5.74, 6) is -0.493. The van der Waals surface area contributed by atoms with Gasteiger partial charge in [0.25, 0.3) is 5.00 Å². The molecule has 1 aromatic rings. The first kappa shape index (κ1) is 9.09. The van der Waals surface area contributed by atoms with E-state index in [0.29, 0.717) is 16.9 Å². The third kappa shape index (κ3) is 1.26. The second-order valence-corrected chi connectivity index (χ2v) is 3.55. The largest absolute Gasteiger partial charge is 0.299 e. The molecule has 70 valence electrons. The molecule has 2 rings (SSSR count). The molecule has 0 saturated carbocycles. The lowest BCUT2D eigenvalue weighted by Crippen LogP contribution is -2.42. The zero-order valence-corrected chi connectivity index (χ0v) is 7.86. The van der Waals surface area contributed by atoms with Gasteiger partial charge in [-0.05, 0) is 12.1 Å². The summed E-state index contributed by atoms with van der Waals surface area (Å²) >= 11 is 5.72. The summed E-state index contributed by atoms with van der Waals surface area (Å²) in [7, 11) is 0. The molecule has 1 heterocycles. The van der Waals surface area contributed by atoms with Crippen LogP contribution in [0.15, 0.2) is 29.3 Å². The summed E-state index contributed by atoms with van der Waals surface area (Å²) in [6.45, 7) is 0. The maximum absolute atomic E-state index is 11.4. The van der Waals surface area contributed by atoms with Gasteiger partial charge >= 0.3 is 0 Å². The number of para-hydroxylation sites is 1. The number of nitrogens with zero attached hydrogens (tertiary/aromatic N) is 1. The molecule has 14 heavy (non-hydrogen) atoms. The van der Waals surface area contributed by atoms with Crippen LogP contribution in [0.4, 0.5) is 0 Å². The summed E-state index contributed by atoms with van der Waals surface area (Å²) in [4.78, 5) is 24.2. The molecular formula is C10H6ClNO2.